The van der Waals surface area contributed by atoms with Gasteiger partial charge in [-0.15, -0.1) is 0 Å². The van der Waals surface area contributed by atoms with Crippen LogP contribution in [0.5, 0.6) is 0 Å². The van der Waals surface area contributed by atoms with Gasteiger partial charge in [0.1, 0.15) is 37.2 Å². The zero-order valence-electron chi connectivity index (χ0n) is 12.5. The molecule has 1 aliphatic heterocycles. The number of nitrogens with zero attached hydrogens (tertiary/aromatic N) is 2. The van der Waals surface area contributed by atoms with Crippen molar-refractivity contribution in [1.82, 2.24) is 14.5 Å². The molecule has 3 heterocycles. The van der Waals surface area contributed by atoms with E-state index in [1.807, 2.05) is 24.3 Å². The standard InChI is InChI=1S/C16H19N5O/c22-16-15-14(12-3-1-2-4-13(12)19-15)18-11-21(16)10-9-20-7-5-17-6-8-20/h1-4,11,17,19H,5-10H2/p+2. The van der Waals surface area contributed by atoms with Crippen molar-refractivity contribution >= 4 is 21.9 Å². The Hall–Kier alpha value is -2.18. The van der Waals surface area contributed by atoms with E-state index in [0.717, 1.165) is 29.5 Å². The average Bonchev–Trinajstić information content (AvgIpc) is 2.95. The first kappa shape index (κ1) is 13.5. The number of nitrogens with one attached hydrogen (secondary N) is 2. The minimum Gasteiger partial charge on any atom is -0.349 e. The molecule has 1 aromatic carbocycles. The van der Waals surface area contributed by atoms with E-state index >= 15 is 0 Å². The molecule has 0 amide bonds. The molecule has 1 fully saturated rings. The van der Waals surface area contributed by atoms with Crippen LogP contribution in [-0.4, -0.2) is 47.3 Å². The third kappa shape index (κ3) is 2.30. The van der Waals surface area contributed by atoms with Gasteiger partial charge < -0.3 is 15.2 Å². The monoisotopic (exact) mass is 299 g/mol. The van der Waals surface area contributed by atoms with Gasteiger partial charge in [-0.25, -0.2) is 4.98 Å². The van der Waals surface area contributed by atoms with Gasteiger partial charge in [0.2, 0.25) is 0 Å². The van der Waals surface area contributed by atoms with Crippen molar-refractivity contribution < 1.29 is 10.2 Å². The van der Waals surface area contributed by atoms with E-state index < -0.39 is 0 Å². The number of H-pyrrole nitrogens is 1. The molecule has 4 rings (SSSR count). The quantitative estimate of drug-likeness (QED) is 0.542. The minimum absolute atomic E-state index is 0.0316. The lowest BCUT2D eigenvalue weighted by atomic mass is 10.2. The van der Waals surface area contributed by atoms with E-state index in [1.165, 1.54) is 26.2 Å². The smallest absolute Gasteiger partial charge is 0.277 e. The van der Waals surface area contributed by atoms with E-state index in [9.17, 15) is 4.79 Å². The van der Waals surface area contributed by atoms with Crippen molar-refractivity contribution in [3.05, 3.63) is 40.9 Å². The zero-order valence-corrected chi connectivity index (χ0v) is 12.5. The molecule has 22 heavy (non-hydrogen) atoms. The van der Waals surface area contributed by atoms with Crippen LogP contribution in [0.4, 0.5) is 0 Å². The van der Waals surface area contributed by atoms with Crippen molar-refractivity contribution in [2.24, 2.45) is 0 Å². The molecule has 6 heteroatoms. The van der Waals surface area contributed by atoms with Crippen LogP contribution in [0.1, 0.15) is 0 Å². The fourth-order valence-corrected chi connectivity index (χ4v) is 3.31. The Kier molecular flexibility index (Phi) is 3.40. The largest absolute Gasteiger partial charge is 0.349 e. The van der Waals surface area contributed by atoms with Crippen LogP contribution in [0.25, 0.3) is 21.9 Å². The SMILES string of the molecule is O=c1c2[nH]c3ccccc3c2ncn1CC[NH+]1CC[NH2+]CC1. The number of para-hydroxylation sites is 1. The topological polar surface area (TPSA) is 71.7 Å². The van der Waals surface area contributed by atoms with E-state index in [2.05, 4.69) is 15.3 Å². The summed E-state index contributed by atoms with van der Waals surface area (Å²) in [7, 11) is 0. The first-order valence-corrected chi connectivity index (χ1v) is 7.94. The second kappa shape index (κ2) is 5.55. The lowest BCUT2D eigenvalue weighted by molar-refractivity contribution is -0.947. The van der Waals surface area contributed by atoms with Crippen molar-refractivity contribution in [2.75, 3.05) is 32.7 Å². The van der Waals surface area contributed by atoms with Crippen molar-refractivity contribution in [2.45, 2.75) is 6.54 Å². The number of rotatable bonds is 3. The van der Waals surface area contributed by atoms with Gasteiger partial charge in [-0.1, -0.05) is 18.2 Å². The zero-order chi connectivity index (χ0) is 14.9. The summed E-state index contributed by atoms with van der Waals surface area (Å²) in [5.74, 6) is 0. The van der Waals surface area contributed by atoms with Crippen molar-refractivity contribution in [3.63, 3.8) is 0 Å². The number of hydrogen-bond donors (Lipinski definition) is 3. The Labute approximate surface area is 127 Å². The maximum absolute atomic E-state index is 12.6. The van der Waals surface area contributed by atoms with Crippen LogP contribution in [0.15, 0.2) is 35.4 Å². The molecule has 0 atom stereocenters. The number of benzene rings is 1. The second-order valence-corrected chi connectivity index (χ2v) is 6.00. The van der Waals surface area contributed by atoms with Gasteiger partial charge in [0.05, 0.1) is 19.4 Å². The molecule has 2 aromatic heterocycles. The molecule has 3 aromatic rings. The maximum atomic E-state index is 12.6. The molecule has 0 spiro atoms. The molecule has 0 aliphatic carbocycles. The summed E-state index contributed by atoms with van der Waals surface area (Å²) in [6.45, 7) is 6.44. The predicted octanol–water partition coefficient (Wildman–Crippen LogP) is -1.66. The van der Waals surface area contributed by atoms with E-state index in [4.69, 9.17) is 0 Å². The van der Waals surface area contributed by atoms with E-state index in [1.54, 1.807) is 15.8 Å². The molecule has 114 valence electrons. The highest BCUT2D eigenvalue weighted by molar-refractivity contribution is 6.04. The molecule has 4 N–H and O–H groups in total. The summed E-state index contributed by atoms with van der Waals surface area (Å²) in [5, 5.41) is 3.37. The molecular formula is C16H21N5O+2. The van der Waals surface area contributed by atoms with Gasteiger partial charge in [-0.2, -0.15) is 0 Å². The summed E-state index contributed by atoms with van der Waals surface area (Å²) in [6, 6.07) is 7.92. The van der Waals surface area contributed by atoms with Gasteiger partial charge in [-0.05, 0) is 6.07 Å². The molecule has 0 saturated carbocycles. The number of aromatic amines is 1. The van der Waals surface area contributed by atoms with Gasteiger partial charge in [0.15, 0.2) is 0 Å². The predicted molar refractivity (Wildman–Crippen MR) is 85.1 cm³/mol. The van der Waals surface area contributed by atoms with Crippen LogP contribution in [0.3, 0.4) is 0 Å². The Morgan fingerprint density at radius 3 is 2.95 bits per heavy atom. The fraction of sp³-hybridized carbons (Fsp3) is 0.375. The molecular weight excluding hydrogens is 278 g/mol. The Morgan fingerprint density at radius 1 is 1.27 bits per heavy atom. The lowest BCUT2D eigenvalue weighted by Gasteiger charge is -2.22. The average molecular weight is 299 g/mol. The van der Waals surface area contributed by atoms with Crippen LogP contribution < -0.4 is 15.8 Å². The number of nitrogens with two attached hydrogens (primary N) is 1. The van der Waals surface area contributed by atoms with E-state index in [0.29, 0.717) is 5.52 Å². The Balaban J connectivity index is 1.65. The summed E-state index contributed by atoms with van der Waals surface area (Å²) in [4.78, 5) is 21.9. The first-order valence-electron chi connectivity index (χ1n) is 7.94. The molecule has 0 radical (unpaired) electrons. The third-order valence-corrected chi connectivity index (χ3v) is 4.59. The number of quaternary nitrogens is 2. The van der Waals surface area contributed by atoms with Crippen molar-refractivity contribution in [1.29, 1.82) is 0 Å². The van der Waals surface area contributed by atoms with Crippen LogP contribution in [0.2, 0.25) is 0 Å². The number of fused-ring (bicyclic) bond motifs is 3. The van der Waals surface area contributed by atoms with Gasteiger partial charge in [0, 0.05) is 10.9 Å². The van der Waals surface area contributed by atoms with Crippen LogP contribution in [0, 0.1) is 0 Å². The highest BCUT2D eigenvalue weighted by Gasteiger charge is 2.16. The number of piperazine rings is 1. The van der Waals surface area contributed by atoms with Crippen LogP contribution in [-0.2, 0) is 6.54 Å². The molecule has 1 aliphatic rings. The summed E-state index contributed by atoms with van der Waals surface area (Å²) >= 11 is 0. The first-order chi connectivity index (χ1) is 10.8. The maximum Gasteiger partial charge on any atom is 0.277 e. The van der Waals surface area contributed by atoms with Gasteiger partial charge >= 0.3 is 0 Å². The lowest BCUT2D eigenvalue weighted by Crippen LogP contribution is -3.20. The molecule has 0 bridgehead atoms. The molecule has 1 saturated heterocycles. The van der Waals surface area contributed by atoms with Crippen LogP contribution >= 0.6 is 0 Å². The van der Waals surface area contributed by atoms with Gasteiger partial charge in [-0.3, -0.25) is 9.36 Å². The fourth-order valence-electron chi connectivity index (χ4n) is 3.31. The van der Waals surface area contributed by atoms with E-state index in [-0.39, 0.29) is 5.56 Å². The highest BCUT2D eigenvalue weighted by atomic mass is 16.1. The normalized spacial score (nSPS) is 16.5. The summed E-state index contributed by atoms with van der Waals surface area (Å²) in [6.07, 6.45) is 1.69. The Bertz CT molecular complexity index is 860. The molecule has 0 unspecified atom stereocenters. The second-order valence-electron chi connectivity index (χ2n) is 6.00. The summed E-state index contributed by atoms with van der Waals surface area (Å²) in [5.41, 5.74) is 2.39. The summed E-state index contributed by atoms with van der Waals surface area (Å²) < 4.78 is 1.74. The number of hydrogen-bond acceptors (Lipinski definition) is 2. The third-order valence-electron chi connectivity index (χ3n) is 4.59. The Morgan fingerprint density at radius 2 is 2.09 bits per heavy atom. The van der Waals surface area contributed by atoms with Gasteiger partial charge in [0.25, 0.3) is 5.56 Å². The van der Waals surface area contributed by atoms with Crippen molar-refractivity contribution in [3.8, 4) is 0 Å². The number of aromatic nitrogens is 3. The minimum atomic E-state index is 0.0316. The highest BCUT2D eigenvalue weighted by Crippen LogP contribution is 2.20. The molecule has 6 nitrogen and oxygen atoms in total.